The van der Waals surface area contributed by atoms with Crippen LogP contribution in [0.1, 0.15) is 30.8 Å². The Morgan fingerprint density at radius 2 is 1.85 bits per heavy atom. The number of benzene rings is 2. The molecule has 26 heavy (non-hydrogen) atoms. The van der Waals surface area contributed by atoms with Gasteiger partial charge in [-0.15, -0.1) is 0 Å². The molecule has 0 bridgehead atoms. The number of carbonyl (C=O) groups is 1. The second-order valence-corrected chi connectivity index (χ2v) is 6.19. The Labute approximate surface area is 152 Å². The van der Waals surface area contributed by atoms with Gasteiger partial charge in [0.15, 0.2) is 11.7 Å². The van der Waals surface area contributed by atoms with Crippen molar-refractivity contribution in [2.45, 2.75) is 25.8 Å². The number of oxazole rings is 1. The van der Waals surface area contributed by atoms with Gasteiger partial charge in [-0.05, 0) is 24.6 Å². The first-order valence-electron chi connectivity index (χ1n) is 8.56. The Morgan fingerprint density at radius 1 is 1.15 bits per heavy atom. The maximum Gasteiger partial charge on any atom is 0.223 e. The van der Waals surface area contributed by atoms with Gasteiger partial charge in [0.1, 0.15) is 5.82 Å². The zero-order chi connectivity index (χ0) is 18.5. The van der Waals surface area contributed by atoms with Crippen molar-refractivity contribution in [2.24, 2.45) is 0 Å². The predicted molar refractivity (Wildman–Crippen MR) is 97.8 cm³/mol. The van der Waals surface area contributed by atoms with E-state index in [9.17, 15) is 9.18 Å². The summed E-state index contributed by atoms with van der Waals surface area (Å²) in [5.74, 6) is 0.448. The van der Waals surface area contributed by atoms with Crippen LogP contribution in [0.3, 0.4) is 0 Å². The zero-order valence-electron chi connectivity index (χ0n) is 14.9. The number of halogens is 1. The van der Waals surface area contributed by atoms with Crippen LogP contribution in [0, 0.1) is 5.82 Å². The Balaban J connectivity index is 1.61. The Morgan fingerprint density at radius 3 is 2.58 bits per heavy atom. The van der Waals surface area contributed by atoms with Gasteiger partial charge in [0, 0.05) is 19.9 Å². The van der Waals surface area contributed by atoms with E-state index in [4.69, 9.17) is 4.42 Å². The molecule has 1 aromatic heterocycles. The van der Waals surface area contributed by atoms with E-state index in [2.05, 4.69) is 4.98 Å². The van der Waals surface area contributed by atoms with Crippen molar-refractivity contribution in [3.8, 4) is 11.3 Å². The second kappa shape index (κ2) is 7.95. The van der Waals surface area contributed by atoms with Crippen LogP contribution >= 0.6 is 0 Å². The largest absolute Gasteiger partial charge is 0.441 e. The highest BCUT2D eigenvalue weighted by Crippen LogP contribution is 2.24. The van der Waals surface area contributed by atoms with Gasteiger partial charge >= 0.3 is 0 Å². The standard InChI is InChI=1S/C21H21FN2O2/c1-15(16-8-4-3-5-9-16)24(2)21(25)13-12-20-23-14-19(26-20)17-10-6-7-11-18(17)22/h3-11,14-15H,12-13H2,1-2H3/t15-/m0/s1. The predicted octanol–water partition coefficient (Wildman–Crippen LogP) is 4.63. The average Bonchev–Trinajstić information content (AvgIpc) is 3.14. The number of aromatic nitrogens is 1. The number of hydrogen-bond donors (Lipinski definition) is 0. The molecule has 0 N–H and O–H groups in total. The Kier molecular flexibility index (Phi) is 5.46. The van der Waals surface area contributed by atoms with E-state index in [1.165, 1.54) is 12.3 Å². The van der Waals surface area contributed by atoms with Crippen LogP contribution in [-0.2, 0) is 11.2 Å². The van der Waals surface area contributed by atoms with E-state index < -0.39 is 0 Å². The second-order valence-electron chi connectivity index (χ2n) is 6.19. The van der Waals surface area contributed by atoms with E-state index in [0.717, 1.165) is 5.56 Å². The maximum atomic E-state index is 13.8. The summed E-state index contributed by atoms with van der Waals surface area (Å²) in [6.45, 7) is 1.99. The third kappa shape index (κ3) is 3.99. The van der Waals surface area contributed by atoms with Gasteiger partial charge in [0.2, 0.25) is 5.91 Å². The molecule has 0 aliphatic carbocycles. The minimum Gasteiger partial charge on any atom is -0.441 e. The summed E-state index contributed by atoms with van der Waals surface area (Å²) in [4.78, 5) is 18.3. The van der Waals surface area contributed by atoms with Gasteiger partial charge in [-0.2, -0.15) is 0 Å². The van der Waals surface area contributed by atoms with Crippen molar-refractivity contribution in [3.05, 3.63) is 78.1 Å². The summed E-state index contributed by atoms with van der Waals surface area (Å²) in [6, 6.07) is 16.2. The Bertz CT molecular complexity index is 876. The molecule has 1 amide bonds. The van der Waals surface area contributed by atoms with Crippen molar-refractivity contribution < 1.29 is 13.6 Å². The Hall–Kier alpha value is -2.95. The van der Waals surface area contributed by atoms with Crippen LogP contribution in [0.5, 0.6) is 0 Å². The van der Waals surface area contributed by atoms with Gasteiger partial charge in [0.25, 0.3) is 0 Å². The van der Waals surface area contributed by atoms with Crippen LogP contribution in [-0.4, -0.2) is 22.8 Å². The summed E-state index contributed by atoms with van der Waals surface area (Å²) < 4.78 is 19.4. The summed E-state index contributed by atoms with van der Waals surface area (Å²) in [5.41, 5.74) is 1.45. The van der Waals surface area contributed by atoms with E-state index in [1.807, 2.05) is 37.3 Å². The summed E-state index contributed by atoms with van der Waals surface area (Å²) in [6.07, 6.45) is 2.15. The third-order valence-electron chi connectivity index (χ3n) is 4.50. The molecule has 0 saturated carbocycles. The van der Waals surface area contributed by atoms with Gasteiger partial charge in [-0.3, -0.25) is 4.79 Å². The highest BCUT2D eigenvalue weighted by molar-refractivity contribution is 5.76. The van der Waals surface area contributed by atoms with Crippen molar-refractivity contribution in [1.82, 2.24) is 9.88 Å². The normalized spacial score (nSPS) is 12.0. The van der Waals surface area contributed by atoms with E-state index >= 15 is 0 Å². The molecule has 0 radical (unpaired) electrons. The zero-order valence-corrected chi connectivity index (χ0v) is 14.9. The smallest absolute Gasteiger partial charge is 0.223 e. The highest BCUT2D eigenvalue weighted by Gasteiger charge is 2.18. The molecule has 0 spiro atoms. The molecule has 0 aliphatic rings. The van der Waals surface area contributed by atoms with Crippen LogP contribution in [0.4, 0.5) is 4.39 Å². The minimum absolute atomic E-state index is 0.00648. The fourth-order valence-electron chi connectivity index (χ4n) is 2.77. The molecule has 2 aromatic carbocycles. The topological polar surface area (TPSA) is 46.3 Å². The van der Waals surface area contributed by atoms with Crippen molar-refractivity contribution in [1.29, 1.82) is 0 Å². The lowest BCUT2D eigenvalue weighted by atomic mass is 10.1. The average molecular weight is 352 g/mol. The summed E-state index contributed by atoms with van der Waals surface area (Å²) >= 11 is 0. The highest BCUT2D eigenvalue weighted by atomic mass is 19.1. The molecule has 134 valence electrons. The van der Waals surface area contributed by atoms with Crippen molar-refractivity contribution in [3.63, 3.8) is 0 Å². The lowest BCUT2D eigenvalue weighted by Crippen LogP contribution is -2.29. The number of rotatable bonds is 6. The number of nitrogens with zero attached hydrogens (tertiary/aromatic N) is 2. The number of hydrogen-bond acceptors (Lipinski definition) is 3. The maximum absolute atomic E-state index is 13.8. The minimum atomic E-state index is -0.359. The molecule has 4 nitrogen and oxygen atoms in total. The molecule has 3 rings (SSSR count). The molecule has 1 atom stereocenters. The molecule has 3 aromatic rings. The van der Waals surface area contributed by atoms with Gasteiger partial charge < -0.3 is 9.32 Å². The number of aryl methyl sites for hydroxylation is 1. The van der Waals surface area contributed by atoms with Crippen LogP contribution in [0.2, 0.25) is 0 Å². The molecule has 0 fully saturated rings. The fourth-order valence-corrected chi connectivity index (χ4v) is 2.77. The van der Waals surface area contributed by atoms with Gasteiger partial charge in [0.05, 0.1) is 17.8 Å². The third-order valence-corrected chi connectivity index (χ3v) is 4.50. The molecule has 0 unspecified atom stereocenters. The fraction of sp³-hybridized carbons (Fsp3) is 0.238. The van der Waals surface area contributed by atoms with E-state index in [-0.39, 0.29) is 24.2 Å². The number of carbonyl (C=O) groups excluding carboxylic acids is 1. The van der Waals surface area contributed by atoms with Crippen LogP contribution in [0.15, 0.2) is 65.2 Å². The molecule has 0 saturated heterocycles. The summed E-state index contributed by atoms with van der Waals surface area (Å²) in [7, 11) is 1.79. The molecular formula is C21H21FN2O2. The monoisotopic (exact) mass is 352 g/mol. The van der Waals surface area contributed by atoms with E-state index in [0.29, 0.717) is 23.6 Å². The molecular weight excluding hydrogens is 331 g/mol. The van der Waals surface area contributed by atoms with E-state index in [1.54, 1.807) is 30.1 Å². The first-order valence-corrected chi connectivity index (χ1v) is 8.56. The van der Waals surface area contributed by atoms with Crippen molar-refractivity contribution in [2.75, 3.05) is 7.05 Å². The SMILES string of the molecule is C[C@@H](c1ccccc1)N(C)C(=O)CCc1ncc(-c2ccccc2F)o1. The first-order chi connectivity index (χ1) is 12.6. The lowest BCUT2D eigenvalue weighted by Gasteiger charge is -2.25. The first kappa shape index (κ1) is 17.9. The molecule has 0 aliphatic heterocycles. The van der Waals surface area contributed by atoms with Crippen LogP contribution < -0.4 is 0 Å². The molecule has 1 heterocycles. The van der Waals surface area contributed by atoms with Crippen LogP contribution in [0.25, 0.3) is 11.3 Å². The summed E-state index contributed by atoms with van der Waals surface area (Å²) in [5, 5.41) is 0. The molecule has 5 heteroatoms. The lowest BCUT2D eigenvalue weighted by molar-refractivity contribution is -0.131. The van der Waals surface area contributed by atoms with Gasteiger partial charge in [-0.1, -0.05) is 42.5 Å². The van der Waals surface area contributed by atoms with Gasteiger partial charge in [-0.25, -0.2) is 9.37 Å². The van der Waals surface area contributed by atoms with Crippen molar-refractivity contribution >= 4 is 5.91 Å². The number of amides is 1. The quantitative estimate of drug-likeness (QED) is 0.650.